The van der Waals surface area contributed by atoms with E-state index >= 15 is 0 Å². The van der Waals surface area contributed by atoms with Crippen molar-refractivity contribution < 1.29 is 19.6 Å². The number of hydrogen-bond donors (Lipinski definition) is 1. The molecule has 0 aliphatic heterocycles. The molecule has 0 amide bonds. The summed E-state index contributed by atoms with van der Waals surface area (Å²) in [7, 11) is 0. The van der Waals surface area contributed by atoms with Gasteiger partial charge in [-0.3, -0.25) is 10.1 Å². The molecule has 1 aromatic carbocycles. The monoisotopic (exact) mass is 291 g/mol. The second-order valence-corrected chi connectivity index (χ2v) is 4.18. The van der Waals surface area contributed by atoms with Crippen molar-refractivity contribution in [3.63, 3.8) is 0 Å². The zero-order chi connectivity index (χ0) is 15.4. The van der Waals surface area contributed by atoms with E-state index in [9.17, 15) is 14.9 Å². The first kappa shape index (κ1) is 14.5. The number of imidazole rings is 1. The fourth-order valence-electron chi connectivity index (χ4n) is 1.89. The van der Waals surface area contributed by atoms with Crippen LogP contribution in [0.1, 0.15) is 23.0 Å². The van der Waals surface area contributed by atoms with Crippen LogP contribution in [0.2, 0.25) is 0 Å². The van der Waals surface area contributed by atoms with Gasteiger partial charge in [0.15, 0.2) is 0 Å². The zero-order valence-electron chi connectivity index (χ0n) is 11.2. The van der Waals surface area contributed by atoms with Crippen molar-refractivity contribution in [2.45, 2.75) is 20.1 Å². The summed E-state index contributed by atoms with van der Waals surface area (Å²) in [5.41, 5.74) is 0.0798. The van der Waals surface area contributed by atoms with E-state index < -0.39 is 10.9 Å². The van der Waals surface area contributed by atoms with Gasteiger partial charge >= 0.3 is 11.7 Å². The Morgan fingerprint density at radius 3 is 2.90 bits per heavy atom. The molecule has 110 valence electrons. The van der Waals surface area contributed by atoms with Gasteiger partial charge in [-0.25, -0.2) is 9.78 Å². The SMILES string of the molecule is CCn1cncc1COc1c(C(=O)O)cccc1[N+](=O)[O-]. The summed E-state index contributed by atoms with van der Waals surface area (Å²) in [5, 5.41) is 20.1. The highest BCUT2D eigenvalue weighted by molar-refractivity contribution is 5.92. The number of hydrogen-bond acceptors (Lipinski definition) is 5. The van der Waals surface area contributed by atoms with E-state index in [1.54, 1.807) is 17.1 Å². The summed E-state index contributed by atoms with van der Waals surface area (Å²) in [4.78, 5) is 25.4. The molecule has 1 N–H and O–H groups in total. The van der Waals surface area contributed by atoms with Crippen molar-refractivity contribution >= 4 is 11.7 Å². The molecule has 0 saturated heterocycles. The number of para-hydroxylation sites is 1. The van der Waals surface area contributed by atoms with E-state index in [1.165, 1.54) is 18.2 Å². The highest BCUT2D eigenvalue weighted by atomic mass is 16.6. The fourth-order valence-corrected chi connectivity index (χ4v) is 1.89. The zero-order valence-corrected chi connectivity index (χ0v) is 11.2. The van der Waals surface area contributed by atoms with Gasteiger partial charge in [0.05, 0.1) is 23.1 Å². The van der Waals surface area contributed by atoms with Gasteiger partial charge in [0.1, 0.15) is 12.2 Å². The van der Waals surface area contributed by atoms with Crippen LogP contribution in [0.4, 0.5) is 5.69 Å². The third-order valence-corrected chi connectivity index (χ3v) is 2.92. The van der Waals surface area contributed by atoms with Crippen LogP contribution in [0, 0.1) is 10.1 Å². The minimum atomic E-state index is -1.28. The van der Waals surface area contributed by atoms with E-state index in [-0.39, 0.29) is 23.6 Å². The Kier molecular flexibility index (Phi) is 4.17. The second kappa shape index (κ2) is 6.04. The molecule has 8 heteroatoms. The number of ether oxygens (including phenoxy) is 1. The van der Waals surface area contributed by atoms with Gasteiger partial charge in [-0.1, -0.05) is 6.07 Å². The predicted molar refractivity (Wildman–Crippen MR) is 72.3 cm³/mol. The topological polar surface area (TPSA) is 107 Å². The van der Waals surface area contributed by atoms with Gasteiger partial charge < -0.3 is 14.4 Å². The molecular formula is C13H13N3O5. The molecule has 1 heterocycles. The standard InChI is InChI=1S/C13H13N3O5/c1-2-15-8-14-6-9(15)7-21-12-10(13(17)18)4-3-5-11(12)16(19)20/h3-6,8H,2,7H2,1H3,(H,17,18). The van der Waals surface area contributed by atoms with E-state index in [1.807, 2.05) is 6.92 Å². The average molecular weight is 291 g/mol. The summed E-state index contributed by atoms with van der Waals surface area (Å²) in [6.45, 7) is 2.58. The van der Waals surface area contributed by atoms with Crippen LogP contribution < -0.4 is 4.74 Å². The Labute approximate surface area is 119 Å². The number of aromatic carboxylic acids is 1. The fraction of sp³-hybridized carbons (Fsp3) is 0.231. The summed E-state index contributed by atoms with van der Waals surface area (Å²) < 4.78 is 7.20. The molecule has 1 aromatic heterocycles. The van der Waals surface area contributed by atoms with E-state index in [0.717, 1.165) is 0 Å². The maximum atomic E-state index is 11.2. The number of nitro groups is 1. The quantitative estimate of drug-likeness (QED) is 0.645. The van der Waals surface area contributed by atoms with Gasteiger partial charge in [-0.2, -0.15) is 0 Å². The Morgan fingerprint density at radius 2 is 2.29 bits per heavy atom. The number of aromatic nitrogens is 2. The van der Waals surface area contributed by atoms with Gasteiger partial charge in [0.2, 0.25) is 5.75 Å². The highest BCUT2D eigenvalue weighted by Gasteiger charge is 2.23. The average Bonchev–Trinajstić information content (AvgIpc) is 2.91. The van der Waals surface area contributed by atoms with E-state index in [2.05, 4.69) is 4.98 Å². The maximum absolute atomic E-state index is 11.2. The molecule has 0 radical (unpaired) electrons. The lowest BCUT2D eigenvalue weighted by atomic mass is 10.1. The third kappa shape index (κ3) is 2.99. The van der Waals surface area contributed by atoms with E-state index in [0.29, 0.717) is 12.2 Å². The first-order valence-corrected chi connectivity index (χ1v) is 6.17. The van der Waals surface area contributed by atoms with Gasteiger partial charge in [-0.05, 0) is 13.0 Å². The molecule has 0 aliphatic carbocycles. The number of nitro benzene ring substituents is 1. The van der Waals surface area contributed by atoms with Crippen molar-refractivity contribution in [1.29, 1.82) is 0 Å². The molecular weight excluding hydrogens is 278 g/mol. The largest absolute Gasteiger partial charge is 0.480 e. The molecule has 0 unspecified atom stereocenters. The van der Waals surface area contributed by atoms with Crippen molar-refractivity contribution in [3.8, 4) is 5.75 Å². The number of carboxylic acid groups (broad SMARTS) is 1. The smallest absolute Gasteiger partial charge is 0.339 e. The molecule has 0 aliphatic rings. The van der Waals surface area contributed by atoms with Crippen LogP contribution in [0.25, 0.3) is 0 Å². The van der Waals surface area contributed by atoms with Crippen LogP contribution in [-0.2, 0) is 13.2 Å². The molecule has 2 aromatic rings. The Balaban J connectivity index is 2.34. The number of nitrogens with zero attached hydrogens (tertiary/aromatic N) is 3. The number of rotatable bonds is 6. The molecule has 0 bridgehead atoms. The van der Waals surface area contributed by atoms with Crippen LogP contribution >= 0.6 is 0 Å². The maximum Gasteiger partial charge on any atom is 0.339 e. The van der Waals surface area contributed by atoms with Crippen molar-refractivity contribution in [3.05, 3.63) is 52.1 Å². The molecule has 8 nitrogen and oxygen atoms in total. The molecule has 2 rings (SSSR count). The lowest BCUT2D eigenvalue weighted by Gasteiger charge is -2.10. The van der Waals surface area contributed by atoms with Crippen LogP contribution in [0.3, 0.4) is 0 Å². The first-order chi connectivity index (χ1) is 10.0. The predicted octanol–water partition coefficient (Wildman–Crippen LogP) is 2.09. The third-order valence-electron chi connectivity index (χ3n) is 2.92. The molecule has 0 spiro atoms. The molecule has 0 saturated carbocycles. The Morgan fingerprint density at radius 1 is 1.52 bits per heavy atom. The number of carbonyl (C=O) groups is 1. The number of benzene rings is 1. The minimum absolute atomic E-state index is 0.00102. The van der Waals surface area contributed by atoms with Gasteiger partial charge in [0.25, 0.3) is 0 Å². The van der Waals surface area contributed by atoms with Crippen LogP contribution in [0.15, 0.2) is 30.7 Å². The van der Waals surface area contributed by atoms with Crippen LogP contribution in [0.5, 0.6) is 5.75 Å². The summed E-state index contributed by atoms with van der Waals surface area (Å²) in [6.07, 6.45) is 3.18. The Bertz CT molecular complexity index is 648. The number of aryl methyl sites for hydroxylation is 1. The summed E-state index contributed by atoms with van der Waals surface area (Å²) in [5.74, 6) is -1.53. The highest BCUT2D eigenvalue weighted by Crippen LogP contribution is 2.31. The molecule has 21 heavy (non-hydrogen) atoms. The first-order valence-electron chi connectivity index (χ1n) is 6.17. The van der Waals surface area contributed by atoms with Crippen molar-refractivity contribution in [2.24, 2.45) is 0 Å². The minimum Gasteiger partial charge on any atom is -0.480 e. The van der Waals surface area contributed by atoms with Gasteiger partial charge in [0, 0.05) is 12.6 Å². The lowest BCUT2D eigenvalue weighted by Crippen LogP contribution is -2.08. The number of carboxylic acids is 1. The second-order valence-electron chi connectivity index (χ2n) is 4.18. The lowest BCUT2D eigenvalue weighted by molar-refractivity contribution is -0.386. The summed E-state index contributed by atoms with van der Waals surface area (Å²) in [6, 6.07) is 3.78. The van der Waals surface area contributed by atoms with Crippen LogP contribution in [-0.4, -0.2) is 25.6 Å². The van der Waals surface area contributed by atoms with Crippen molar-refractivity contribution in [1.82, 2.24) is 9.55 Å². The van der Waals surface area contributed by atoms with Crippen molar-refractivity contribution in [2.75, 3.05) is 0 Å². The molecule has 0 fully saturated rings. The van der Waals surface area contributed by atoms with E-state index in [4.69, 9.17) is 9.84 Å². The Hall–Kier alpha value is -2.90. The normalized spacial score (nSPS) is 10.3. The molecule has 0 atom stereocenters. The van der Waals surface area contributed by atoms with Gasteiger partial charge in [-0.15, -0.1) is 0 Å². The summed E-state index contributed by atoms with van der Waals surface area (Å²) >= 11 is 0.